The zero-order chi connectivity index (χ0) is 28.7. The van der Waals surface area contributed by atoms with E-state index in [4.69, 9.17) is 4.55 Å². The number of rotatable bonds is 8. The smallest absolute Gasteiger partial charge is 0.455 e. The molecule has 14 heteroatoms. The zero-order valence-electron chi connectivity index (χ0n) is 21.5. The maximum absolute atomic E-state index is 14.3. The lowest BCUT2D eigenvalue weighted by Gasteiger charge is -2.45. The molecule has 0 radical (unpaired) electrons. The van der Waals surface area contributed by atoms with E-state index in [-0.39, 0.29) is 6.42 Å². The van der Waals surface area contributed by atoms with Crippen LogP contribution in [0.1, 0.15) is 75.7 Å². The van der Waals surface area contributed by atoms with Crippen LogP contribution >= 0.6 is 0 Å². The minimum absolute atomic E-state index is 0.0637. The number of ether oxygens (including phenoxy) is 3. The van der Waals surface area contributed by atoms with Crippen LogP contribution in [-0.4, -0.2) is 54.3 Å². The van der Waals surface area contributed by atoms with Crippen molar-refractivity contribution in [1.82, 2.24) is 0 Å². The molecule has 0 aliphatic rings. The largest absolute Gasteiger partial charge is 0.468 e. The molecule has 2 unspecified atom stereocenters. The molecule has 0 fully saturated rings. The molecule has 35 heavy (non-hydrogen) atoms. The third-order valence-corrected chi connectivity index (χ3v) is 5.96. The molecule has 1 N–H and O–H groups in total. The van der Waals surface area contributed by atoms with Gasteiger partial charge in [0.05, 0.1) is 5.41 Å². The van der Waals surface area contributed by atoms with Crippen LogP contribution in [0.5, 0.6) is 0 Å². The molecule has 0 aromatic heterocycles. The van der Waals surface area contributed by atoms with Gasteiger partial charge in [-0.2, -0.15) is 30.4 Å². The first-order valence-corrected chi connectivity index (χ1v) is 11.9. The number of alkyl halides is 5. The average molecular weight is 543 g/mol. The van der Waals surface area contributed by atoms with E-state index in [0.717, 1.165) is 20.8 Å². The van der Waals surface area contributed by atoms with Gasteiger partial charge in [-0.3, -0.25) is 9.35 Å². The van der Waals surface area contributed by atoms with E-state index < -0.39 is 67.7 Å². The summed E-state index contributed by atoms with van der Waals surface area (Å²) in [6, 6.07) is 0. The van der Waals surface area contributed by atoms with E-state index in [0.29, 0.717) is 0 Å². The summed E-state index contributed by atoms with van der Waals surface area (Å²) in [5.74, 6) is -8.81. The van der Waals surface area contributed by atoms with Crippen molar-refractivity contribution < 1.29 is 58.7 Å². The Morgan fingerprint density at radius 3 is 1.49 bits per heavy atom. The van der Waals surface area contributed by atoms with E-state index in [1.54, 1.807) is 20.8 Å². The van der Waals surface area contributed by atoms with Crippen LogP contribution in [-0.2, 0) is 33.9 Å². The second-order valence-electron chi connectivity index (χ2n) is 11.7. The first kappa shape index (κ1) is 33.5. The summed E-state index contributed by atoms with van der Waals surface area (Å²) < 4.78 is 114. The van der Waals surface area contributed by atoms with Crippen LogP contribution in [0.15, 0.2) is 0 Å². The molecule has 0 saturated heterocycles. The van der Waals surface area contributed by atoms with Gasteiger partial charge in [0.2, 0.25) is 0 Å². The van der Waals surface area contributed by atoms with Gasteiger partial charge in [0.15, 0.2) is 0 Å². The maximum Gasteiger partial charge on any atom is 0.468 e. The van der Waals surface area contributed by atoms with Gasteiger partial charge in [-0.15, -0.1) is 0 Å². The summed E-state index contributed by atoms with van der Waals surface area (Å²) in [7, 11) is -6.25. The highest BCUT2D eigenvalue weighted by Gasteiger charge is 2.70. The van der Waals surface area contributed by atoms with Crippen molar-refractivity contribution in [1.29, 1.82) is 0 Å². The Morgan fingerprint density at radius 1 is 0.771 bits per heavy atom. The molecule has 0 heterocycles. The van der Waals surface area contributed by atoms with Gasteiger partial charge in [-0.05, 0) is 44.9 Å². The number of carbonyl (C=O) groups excluding carboxylic acids is 2. The van der Waals surface area contributed by atoms with E-state index in [9.17, 15) is 40.0 Å². The molecule has 0 bridgehead atoms. The van der Waals surface area contributed by atoms with Gasteiger partial charge in [-0.25, -0.2) is 4.79 Å². The molecule has 0 spiro atoms. The van der Waals surface area contributed by atoms with Crippen molar-refractivity contribution in [2.45, 2.75) is 98.5 Å². The van der Waals surface area contributed by atoms with Crippen molar-refractivity contribution in [2.24, 2.45) is 16.2 Å². The highest BCUT2D eigenvalue weighted by molar-refractivity contribution is 7.86. The van der Waals surface area contributed by atoms with Crippen LogP contribution in [0.25, 0.3) is 0 Å². The van der Waals surface area contributed by atoms with Crippen LogP contribution in [0.4, 0.5) is 22.0 Å². The van der Waals surface area contributed by atoms with Crippen molar-refractivity contribution in [3.05, 3.63) is 0 Å². The normalized spacial score (nSPS) is 17.8. The number of carbonyl (C=O) groups is 2. The van der Waals surface area contributed by atoms with Crippen LogP contribution < -0.4 is 0 Å². The summed E-state index contributed by atoms with van der Waals surface area (Å²) >= 11 is 0. The molecule has 0 saturated carbocycles. The van der Waals surface area contributed by atoms with Crippen molar-refractivity contribution >= 4 is 22.1 Å². The summed E-state index contributed by atoms with van der Waals surface area (Å²) in [6.45, 7) is 11.7. The zero-order valence-corrected chi connectivity index (χ0v) is 22.3. The molecular formula is C21H35F5O8S. The lowest BCUT2D eigenvalue weighted by Crippen LogP contribution is -2.62. The van der Waals surface area contributed by atoms with Crippen LogP contribution in [0.2, 0.25) is 0 Å². The van der Waals surface area contributed by atoms with Gasteiger partial charge in [0.25, 0.3) is 0 Å². The number of hydrogen-bond acceptors (Lipinski definition) is 7. The standard InChI is InChI=1S/C21H35F5O8S/c1-15(2,3)11-18(10,16(4,5)6)13(27)34-20(21(24,25)26,14(28)33-17(7,8)9)32-12-19(22,23)35(29,30)31/h11-12H2,1-10H3,(H,29,30,31). The fourth-order valence-electron chi connectivity index (χ4n) is 2.94. The van der Waals surface area contributed by atoms with Gasteiger partial charge >= 0.3 is 39.3 Å². The Morgan fingerprint density at radius 2 is 1.20 bits per heavy atom. The van der Waals surface area contributed by atoms with E-state index in [2.05, 4.69) is 14.2 Å². The first-order chi connectivity index (χ1) is 14.9. The molecule has 0 aromatic rings. The summed E-state index contributed by atoms with van der Waals surface area (Å²) in [4.78, 5) is 26.0. The SMILES string of the molecule is CC(C)(C)CC(C)(C(=O)OC(OCC(F)(F)S(=O)(=O)O)(C(=O)OC(C)(C)C)C(F)(F)F)C(C)(C)C. The lowest BCUT2D eigenvalue weighted by atomic mass is 9.61. The Balaban J connectivity index is 6.93. The monoisotopic (exact) mass is 542 g/mol. The molecule has 208 valence electrons. The Hall–Kier alpha value is -1.54. The predicted molar refractivity (Wildman–Crippen MR) is 115 cm³/mol. The molecule has 0 amide bonds. The van der Waals surface area contributed by atoms with Gasteiger partial charge < -0.3 is 14.2 Å². The second kappa shape index (κ2) is 9.73. The van der Waals surface area contributed by atoms with E-state index >= 15 is 0 Å². The van der Waals surface area contributed by atoms with E-state index in [1.807, 2.05) is 0 Å². The summed E-state index contributed by atoms with van der Waals surface area (Å²) in [5.41, 5.74) is -5.07. The fourth-order valence-corrected chi connectivity index (χ4v) is 3.15. The van der Waals surface area contributed by atoms with Crippen LogP contribution in [0.3, 0.4) is 0 Å². The third kappa shape index (κ3) is 8.24. The molecule has 0 aliphatic heterocycles. The topological polar surface area (TPSA) is 116 Å². The van der Waals surface area contributed by atoms with Gasteiger partial charge in [-0.1, -0.05) is 41.5 Å². The van der Waals surface area contributed by atoms with Gasteiger partial charge in [0, 0.05) is 0 Å². The number of halogens is 5. The fraction of sp³-hybridized carbons (Fsp3) is 0.905. The summed E-state index contributed by atoms with van der Waals surface area (Å²) in [6.07, 6.45) is -6.06. The number of hydrogen-bond donors (Lipinski definition) is 1. The molecule has 0 rings (SSSR count). The molecular weight excluding hydrogens is 507 g/mol. The first-order valence-electron chi connectivity index (χ1n) is 10.4. The highest BCUT2D eigenvalue weighted by atomic mass is 32.2. The number of esters is 2. The van der Waals surface area contributed by atoms with E-state index in [1.165, 1.54) is 27.7 Å². The molecule has 0 aliphatic carbocycles. The van der Waals surface area contributed by atoms with Crippen molar-refractivity contribution in [3.63, 3.8) is 0 Å². The minimum Gasteiger partial charge on any atom is -0.455 e. The minimum atomic E-state index is -6.25. The molecule has 8 nitrogen and oxygen atoms in total. The van der Waals surface area contributed by atoms with Crippen LogP contribution in [0, 0.1) is 16.2 Å². The Bertz CT molecular complexity index is 895. The Kier molecular flexibility index (Phi) is 9.30. The average Bonchev–Trinajstić information content (AvgIpc) is 2.51. The highest BCUT2D eigenvalue weighted by Crippen LogP contribution is 2.49. The van der Waals surface area contributed by atoms with Crippen molar-refractivity contribution in [3.8, 4) is 0 Å². The lowest BCUT2D eigenvalue weighted by molar-refractivity contribution is -0.366. The van der Waals surface area contributed by atoms with Crippen molar-refractivity contribution in [2.75, 3.05) is 6.61 Å². The molecule has 2 atom stereocenters. The quantitative estimate of drug-likeness (QED) is 0.195. The Labute approximate surface area is 202 Å². The second-order valence-corrected chi connectivity index (χ2v) is 13.3. The van der Waals surface area contributed by atoms with Gasteiger partial charge in [0.1, 0.15) is 12.2 Å². The third-order valence-electron chi connectivity index (χ3n) is 5.09. The molecule has 0 aromatic carbocycles. The predicted octanol–water partition coefficient (Wildman–Crippen LogP) is 5.12. The summed E-state index contributed by atoms with van der Waals surface area (Å²) in [5, 5.41) is -5.28. The maximum atomic E-state index is 14.3.